The Bertz CT molecular complexity index is 1020. The molecule has 2 aliphatic heterocycles. The molecule has 1 aromatic rings. The molecule has 1 fully saturated rings. The van der Waals surface area contributed by atoms with Crippen LogP contribution in [-0.2, 0) is 9.53 Å². The smallest absolute Gasteiger partial charge is 0.235 e. The van der Waals surface area contributed by atoms with Crippen molar-refractivity contribution in [1.82, 2.24) is 9.80 Å². The van der Waals surface area contributed by atoms with Crippen LogP contribution in [-0.4, -0.2) is 62.3 Å². The van der Waals surface area contributed by atoms with Crippen LogP contribution < -0.4 is 4.74 Å². The maximum absolute atomic E-state index is 13.2. The van der Waals surface area contributed by atoms with E-state index in [-0.39, 0.29) is 17.1 Å². The van der Waals surface area contributed by atoms with Gasteiger partial charge in [0.25, 0.3) is 0 Å². The zero-order chi connectivity index (χ0) is 22.9. The molecule has 32 heavy (non-hydrogen) atoms. The number of nitrogens with zero attached hydrogens (tertiary/aromatic N) is 4. The summed E-state index contributed by atoms with van der Waals surface area (Å²) in [6.45, 7) is 7.80. The normalized spacial score (nSPS) is 23.8. The van der Waals surface area contributed by atoms with E-state index in [1.807, 2.05) is 24.3 Å². The lowest BCUT2D eigenvalue weighted by atomic mass is 9.70. The van der Waals surface area contributed by atoms with E-state index in [9.17, 15) is 10.1 Å². The highest BCUT2D eigenvalue weighted by molar-refractivity contribution is 6.00. The van der Waals surface area contributed by atoms with Gasteiger partial charge in [-0.3, -0.25) is 4.79 Å². The van der Waals surface area contributed by atoms with Gasteiger partial charge in [0.1, 0.15) is 23.2 Å². The molecule has 3 aliphatic rings. The molecule has 0 saturated carbocycles. The van der Waals surface area contributed by atoms with Gasteiger partial charge in [-0.1, -0.05) is 26.0 Å². The Balaban J connectivity index is 1.75. The van der Waals surface area contributed by atoms with Crippen molar-refractivity contribution < 1.29 is 14.3 Å². The highest BCUT2D eigenvalue weighted by Crippen LogP contribution is 2.48. The summed E-state index contributed by atoms with van der Waals surface area (Å²) in [5, 5.41) is 10.1. The first-order valence-electron chi connectivity index (χ1n) is 11.0. The summed E-state index contributed by atoms with van der Waals surface area (Å²) in [5.74, 6) is 1.19. The van der Waals surface area contributed by atoms with Crippen molar-refractivity contribution in [3.8, 4) is 11.8 Å². The van der Waals surface area contributed by atoms with E-state index in [4.69, 9.17) is 9.47 Å². The molecule has 0 radical (unpaired) electrons. The summed E-state index contributed by atoms with van der Waals surface area (Å²) in [6, 6.07) is 9.82. The van der Waals surface area contributed by atoms with Crippen molar-refractivity contribution in [1.29, 1.82) is 5.26 Å². The fourth-order valence-electron chi connectivity index (χ4n) is 4.54. The third-order valence-electron chi connectivity index (χ3n) is 6.35. The minimum Gasteiger partial charge on any atom is -0.497 e. The van der Waals surface area contributed by atoms with Gasteiger partial charge < -0.3 is 19.3 Å². The lowest BCUT2D eigenvalue weighted by Crippen LogP contribution is -2.43. The Morgan fingerprint density at radius 2 is 1.88 bits per heavy atom. The largest absolute Gasteiger partial charge is 0.497 e. The van der Waals surface area contributed by atoms with Gasteiger partial charge in [-0.2, -0.15) is 5.26 Å². The Morgan fingerprint density at radius 1 is 1.19 bits per heavy atom. The van der Waals surface area contributed by atoms with Crippen LogP contribution in [0.1, 0.15) is 38.2 Å². The van der Waals surface area contributed by atoms with Crippen molar-refractivity contribution in [2.45, 2.75) is 32.6 Å². The number of ether oxygens (including phenoxy) is 2. The summed E-state index contributed by atoms with van der Waals surface area (Å²) in [6.07, 6.45) is 2.83. The van der Waals surface area contributed by atoms with Gasteiger partial charge in [0.2, 0.25) is 5.88 Å². The number of allylic oxidation sites excluding steroid dienone is 3. The average molecular weight is 435 g/mol. The molecule has 4 rings (SSSR count). The minimum atomic E-state index is -0.488. The topological polar surface area (TPSA) is 78.2 Å². The Kier molecular flexibility index (Phi) is 6.07. The third kappa shape index (κ3) is 4.42. The molecule has 1 atom stereocenters. The molecule has 0 aromatic heterocycles. The summed E-state index contributed by atoms with van der Waals surface area (Å²) in [7, 11) is 3.72. The van der Waals surface area contributed by atoms with Crippen molar-refractivity contribution >= 4 is 12.1 Å². The molecule has 168 valence electrons. The SMILES string of the molecule is COc1ccc(C2C(C#N)=C(/N=C/N3CCN(C)CC3)OC3=C2C(=O)CC(C)(C)C3)cc1. The zero-order valence-electron chi connectivity index (χ0n) is 19.2. The molecule has 7 heteroatoms. The van der Waals surface area contributed by atoms with Crippen molar-refractivity contribution in [3.05, 3.63) is 52.6 Å². The molecule has 0 amide bonds. The number of nitriles is 1. The van der Waals surface area contributed by atoms with Crippen molar-refractivity contribution in [3.63, 3.8) is 0 Å². The number of likely N-dealkylation sites (N-methyl/N-ethyl adjacent to an activating group) is 1. The molecule has 0 N–H and O–H groups in total. The van der Waals surface area contributed by atoms with Gasteiger partial charge in [-0.25, -0.2) is 4.99 Å². The average Bonchev–Trinajstić information content (AvgIpc) is 2.77. The number of carbonyl (C=O) groups excluding carboxylic acids is 1. The van der Waals surface area contributed by atoms with Crippen LogP contribution in [0.4, 0.5) is 0 Å². The summed E-state index contributed by atoms with van der Waals surface area (Å²) < 4.78 is 11.5. The highest BCUT2D eigenvalue weighted by atomic mass is 16.5. The van der Waals surface area contributed by atoms with Gasteiger partial charge in [-0.15, -0.1) is 0 Å². The number of aliphatic imine (C=N–C) groups is 1. The molecular weight excluding hydrogens is 404 g/mol. The van der Waals surface area contributed by atoms with Gasteiger partial charge in [0.15, 0.2) is 5.78 Å². The summed E-state index contributed by atoms with van der Waals surface area (Å²) >= 11 is 0. The van der Waals surface area contributed by atoms with Gasteiger partial charge >= 0.3 is 0 Å². The van der Waals surface area contributed by atoms with E-state index in [2.05, 4.69) is 41.8 Å². The number of piperazine rings is 1. The number of methoxy groups -OCH3 is 1. The number of rotatable bonds is 4. The molecule has 1 saturated heterocycles. The van der Waals surface area contributed by atoms with E-state index < -0.39 is 5.92 Å². The second-order valence-corrected chi connectivity index (χ2v) is 9.50. The molecule has 2 heterocycles. The maximum atomic E-state index is 13.2. The first kappa shape index (κ1) is 22.1. The maximum Gasteiger partial charge on any atom is 0.235 e. The van der Waals surface area contributed by atoms with E-state index in [1.165, 1.54) is 0 Å². The second kappa shape index (κ2) is 8.79. The third-order valence-corrected chi connectivity index (χ3v) is 6.35. The van der Waals surface area contributed by atoms with Crippen LogP contribution >= 0.6 is 0 Å². The number of hydrogen-bond donors (Lipinski definition) is 0. The molecule has 0 spiro atoms. The number of benzene rings is 1. The quantitative estimate of drug-likeness (QED) is 0.533. The first-order valence-corrected chi connectivity index (χ1v) is 11.0. The van der Waals surface area contributed by atoms with Gasteiger partial charge in [0, 0.05) is 44.6 Å². The molecule has 0 bridgehead atoms. The molecule has 1 aliphatic carbocycles. The van der Waals surface area contributed by atoms with Crippen molar-refractivity contribution in [2.24, 2.45) is 10.4 Å². The van der Waals surface area contributed by atoms with Crippen LogP contribution in [0.2, 0.25) is 0 Å². The summed E-state index contributed by atoms with van der Waals surface area (Å²) in [5.41, 5.74) is 1.62. The lowest BCUT2D eigenvalue weighted by Gasteiger charge is -2.37. The minimum absolute atomic E-state index is 0.0342. The molecule has 1 aromatic carbocycles. The standard InChI is InChI=1S/C25H30N4O3/c1-25(2)13-20(30)23-21(14-25)32-24(27-16-29-11-9-28(3)10-12-29)19(15-26)22(23)17-5-7-18(31-4)8-6-17/h5-8,16,22H,9-14H2,1-4H3/b27-16+. The molecule has 7 nitrogen and oxygen atoms in total. The summed E-state index contributed by atoms with van der Waals surface area (Å²) in [4.78, 5) is 22.2. The van der Waals surface area contributed by atoms with Crippen LogP contribution in [0.5, 0.6) is 5.75 Å². The fraction of sp³-hybridized carbons (Fsp3) is 0.480. The van der Waals surface area contributed by atoms with Crippen LogP contribution in [0.3, 0.4) is 0 Å². The second-order valence-electron chi connectivity index (χ2n) is 9.50. The van der Waals surface area contributed by atoms with Crippen molar-refractivity contribution in [2.75, 3.05) is 40.3 Å². The van der Waals surface area contributed by atoms with E-state index in [0.717, 1.165) is 37.5 Å². The molecule has 1 unspecified atom stereocenters. The number of Topliss-reactive ketones (excluding diaryl/α,β-unsaturated/α-hetero) is 1. The number of hydrogen-bond acceptors (Lipinski definition) is 6. The van der Waals surface area contributed by atoms with E-state index in [0.29, 0.717) is 29.7 Å². The van der Waals surface area contributed by atoms with Gasteiger partial charge in [0.05, 0.1) is 19.4 Å². The van der Waals surface area contributed by atoms with E-state index in [1.54, 1.807) is 13.4 Å². The number of carbonyl (C=O) groups is 1. The zero-order valence-corrected chi connectivity index (χ0v) is 19.2. The van der Waals surface area contributed by atoms with Crippen LogP contribution in [0, 0.1) is 16.7 Å². The predicted molar refractivity (Wildman–Crippen MR) is 122 cm³/mol. The Hall–Kier alpha value is -3.11. The van der Waals surface area contributed by atoms with Crippen LogP contribution in [0.25, 0.3) is 0 Å². The number of ketones is 1. The first-order chi connectivity index (χ1) is 15.3. The van der Waals surface area contributed by atoms with Gasteiger partial charge in [-0.05, 0) is 30.2 Å². The monoisotopic (exact) mass is 434 g/mol. The van der Waals surface area contributed by atoms with E-state index >= 15 is 0 Å². The van der Waals surface area contributed by atoms with Crippen LogP contribution in [0.15, 0.2) is 52.0 Å². The molecular formula is C25H30N4O3. The Labute approximate surface area is 189 Å². The fourth-order valence-corrected chi connectivity index (χ4v) is 4.54. The highest BCUT2D eigenvalue weighted by Gasteiger charge is 2.43. The Morgan fingerprint density at radius 3 is 2.50 bits per heavy atom. The predicted octanol–water partition coefficient (Wildman–Crippen LogP) is 3.46. The lowest BCUT2D eigenvalue weighted by molar-refractivity contribution is -0.119.